The van der Waals surface area contributed by atoms with Gasteiger partial charge in [0, 0.05) is 19.1 Å². The number of rotatable bonds is 5. The monoisotopic (exact) mass is 192 g/mol. The van der Waals surface area contributed by atoms with Gasteiger partial charge < -0.3 is 11.1 Å². The van der Waals surface area contributed by atoms with Crippen LogP contribution >= 0.6 is 0 Å². The summed E-state index contributed by atoms with van der Waals surface area (Å²) in [7, 11) is 0. The van der Waals surface area contributed by atoms with E-state index in [2.05, 4.69) is 43.4 Å². The molecule has 0 heterocycles. The van der Waals surface area contributed by atoms with Gasteiger partial charge in [0.1, 0.15) is 0 Å². The summed E-state index contributed by atoms with van der Waals surface area (Å²) in [6.07, 6.45) is 1.08. The van der Waals surface area contributed by atoms with Crippen molar-refractivity contribution in [3.05, 3.63) is 35.4 Å². The van der Waals surface area contributed by atoms with E-state index in [0.717, 1.165) is 13.0 Å². The van der Waals surface area contributed by atoms with Crippen LogP contribution in [0.5, 0.6) is 0 Å². The van der Waals surface area contributed by atoms with E-state index in [0.29, 0.717) is 12.6 Å². The molecule has 0 spiro atoms. The highest BCUT2D eigenvalue weighted by atomic mass is 14.9. The van der Waals surface area contributed by atoms with E-state index in [-0.39, 0.29) is 0 Å². The normalized spacial score (nSPS) is 12.8. The molecule has 0 aliphatic rings. The molecule has 2 nitrogen and oxygen atoms in total. The van der Waals surface area contributed by atoms with E-state index in [1.54, 1.807) is 0 Å². The van der Waals surface area contributed by atoms with Gasteiger partial charge in [0.15, 0.2) is 0 Å². The second kappa shape index (κ2) is 5.78. The molecule has 0 aromatic heterocycles. The molecule has 1 aromatic rings. The van der Waals surface area contributed by atoms with Gasteiger partial charge in [0.25, 0.3) is 0 Å². The van der Waals surface area contributed by atoms with Gasteiger partial charge in [0.05, 0.1) is 0 Å². The fraction of sp³-hybridized carbons (Fsp3) is 0.500. The molecule has 2 heteroatoms. The number of nitrogens with one attached hydrogen (secondary N) is 1. The lowest BCUT2D eigenvalue weighted by Crippen LogP contribution is -2.32. The van der Waals surface area contributed by atoms with E-state index >= 15 is 0 Å². The van der Waals surface area contributed by atoms with E-state index in [4.69, 9.17) is 5.73 Å². The second-order valence-electron chi connectivity index (χ2n) is 3.77. The van der Waals surface area contributed by atoms with Gasteiger partial charge in [0.2, 0.25) is 0 Å². The molecule has 0 aliphatic carbocycles. The van der Waals surface area contributed by atoms with E-state index < -0.39 is 0 Å². The molecule has 0 saturated heterocycles. The standard InChI is InChI=1S/C12H20N2/c1-10-5-3-4-6-12(10)9-11(2)14-8-7-13/h3-6,11,14H,7-9,13H2,1-2H3. The summed E-state index contributed by atoms with van der Waals surface area (Å²) in [4.78, 5) is 0. The van der Waals surface area contributed by atoms with Crippen LogP contribution in [-0.4, -0.2) is 19.1 Å². The van der Waals surface area contributed by atoms with Crippen molar-refractivity contribution in [1.29, 1.82) is 0 Å². The molecule has 0 radical (unpaired) electrons. The smallest absolute Gasteiger partial charge is 0.00797 e. The third-order valence-corrected chi connectivity index (χ3v) is 2.42. The first-order chi connectivity index (χ1) is 6.74. The van der Waals surface area contributed by atoms with Crippen molar-refractivity contribution >= 4 is 0 Å². The van der Waals surface area contributed by atoms with Crippen LogP contribution in [0.3, 0.4) is 0 Å². The zero-order chi connectivity index (χ0) is 10.4. The number of aryl methyl sites for hydroxylation is 1. The van der Waals surface area contributed by atoms with Crippen LogP contribution in [0.15, 0.2) is 24.3 Å². The average Bonchev–Trinajstić information content (AvgIpc) is 2.18. The zero-order valence-corrected chi connectivity index (χ0v) is 9.09. The second-order valence-corrected chi connectivity index (χ2v) is 3.77. The molecule has 0 aliphatic heterocycles. The summed E-state index contributed by atoms with van der Waals surface area (Å²) >= 11 is 0. The van der Waals surface area contributed by atoms with Crippen LogP contribution in [0.4, 0.5) is 0 Å². The molecule has 0 fully saturated rings. The highest BCUT2D eigenvalue weighted by molar-refractivity contribution is 5.26. The van der Waals surface area contributed by atoms with Crippen LogP contribution < -0.4 is 11.1 Å². The molecule has 3 N–H and O–H groups in total. The Kier molecular flexibility index (Phi) is 4.63. The quantitative estimate of drug-likeness (QED) is 0.741. The molecule has 0 bridgehead atoms. The Morgan fingerprint density at radius 3 is 2.71 bits per heavy atom. The van der Waals surface area contributed by atoms with Crippen LogP contribution in [0, 0.1) is 6.92 Å². The minimum absolute atomic E-state index is 0.500. The van der Waals surface area contributed by atoms with Crippen LogP contribution in [0.1, 0.15) is 18.1 Å². The molecule has 1 rings (SSSR count). The first-order valence-electron chi connectivity index (χ1n) is 5.22. The number of hydrogen-bond donors (Lipinski definition) is 2. The van der Waals surface area contributed by atoms with Gasteiger partial charge in [-0.25, -0.2) is 0 Å². The number of hydrogen-bond acceptors (Lipinski definition) is 2. The summed E-state index contributed by atoms with van der Waals surface area (Å²) in [5, 5.41) is 3.38. The molecule has 1 atom stereocenters. The van der Waals surface area contributed by atoms with Gasteiger partial charge in [-0.2, -0.15) is 0 Å². The topological polar surface area (TPSA) is 38.0 Å². The molecule has 0 amide bonds. The largest absolute Gasteiger partial charge is 0.329 e. The lowest BCUT2D eigenvalue weighted by molar-refractivity contribution is 0.552. The number of nitrogens with two attached hydrogens (primary N) is 1. The molecule has 1 aromatic carbocycles. The van der Waals surface area contributed by atoms with Crippen molar-refractivity contribution in [2.24, 2.45) is 5.73 Å². The Bertz CT molecular complexity index is 271. The minimum atomic E-state index is 0.500. The van der Waals surface area contributed by atoms with Crippen molar-refractivity contribution in [3.63, 3.8) is 0 Å². The van der Waals surface area contributed by atoms with Crippen molar-refractivity contribution in [3.8, 4) is 0 Å². The van der Waals surface area contributed by atoms with E-state index in [1.165, 1.54) is 11.1 Å². The first-order valence-corrected chi connectivity index (χ1v) is 5.22. The van der Waals surface area contributed by atoms with Crippen LogP contribution in [0.2, 0.25) is 0 Å². The van der Waals surface area contributed by atoms with E-state index in [9.17, 15) is 0 Å². The van der Waals surface area contributed by atoms with Crippen molar-refractivity contribution < 1.29 is 0 Å². The summed E-state index contributed by atoms with van der Waals surface area (Å²) in [6.45, 7) is 5.96. The highest BCUT2D eigenvalue weighted by Gasteiger charge is 2.03. The third-order valence-electron chi connectivity index (χ3n) is 2.42. The lowest BCUT2D eigenvalue weighted by Gasteiger charge is -2.14. The maximum Gasteiger partial charge on any atom is 0.00797 e. The molecule has 1 unspecified atom stereocenters. The first kappa shape index (κ1) is 11.2. The van der Waals surface area contributed by atoms with Crippen molar-refractivity contribution in [2.75, 3.05) is 13.1 Å². The van der Waals surface area contributed by atoms with Crippen molar-refractivity contribution in [2.45, 2.75) is 26.3 Å². The SMILES string of the molecule is Cc1ccccc1CC(C)NCCN. The molecule has 78 valence electrons. The summed E-state index contributed by atoms with van der Waals surface area (Å²) < 4.78 is 0. The Morgan fingerprint density at radius 2 is 2.07 bits per heavy atom. The van der Waals surface area contributed by atoms with Crippen LogP contribution in [-0.2, 0) is 6.42 Å². The summed E-state index contributed by atoms with van der Waals surface area (Å²) in [5.41, 5.74) is 8.23. The lowest BCUT2D eigenvalue weighted by atomic mass is 10.0. The Balaban J connectivity index is 2.47. The van der Waals surface area contributed by atoms with Gasteiger partial charge >= 0.3 is 0 Å². The zero-order valence-electron chi connectivity index (χ0n) is 9.09. The Hall–Kier alpha value is -0.860. The maximum atomic E-state index is 5.44. The molecule has 14 heavy (non-hydrogen) atoms. The summed E-state index contributed by atoms with van der Waals surface area (Å²) in [6, 6.07) is 9.02. The maximum absolute atomic E-state index is 5.44. The van der Waals surface area contributed by atoms with E-state index in [1.807, 2.05) is 0 Å². The number of benzene rings is 1. The molecular formula is C12H20N2. The molecule has 0 saturated carbocycles. The Labute approximate surface area is 86.5 Å². The highest BCUT2D eigenvalue weighted by Crippen LogP contribution is 2.09. The van der Waals surface area contributed by atoms with Crippen LogP contribution in [0.25, 0.3) is 0 Å². The fourth-order valence-electron chi connectivity index (χ4n) is 1.57. The fourth-order valence-corrected chi connectivity index (χ4v) is 1.57. The van der Waals surface area contributed by atoms with Gasteiger partial charge in [-0.05, 0) is 31.4 Å². The van der Waals surface area contributed by atoms with Gasteiger partial charge in [-0.1, -0.05) is 24.3 Å². The van der Waals surface area contributed by atoms with Crippen molar-refractivity contribution in [1.82, 2.24) is 5.32 Å². The minimum Gasteiger partial charge on any atom is -0.329 e. The van der Waals surface area contributed by atoms with Gasteiger partial charge in [-0.3, -0.25) is 0 Å². The Morgan fingerprint density at radius 1 is 1.36 bits per heavy atom. The summed E-state index contributed by atoms with van der Waals surface area (Å²) in [5.74, 6) is 0. The predicted octanol–water partition coefficient (Wildman–Crippen LogP) is 1.47. The third kappa shape index (κ3) is 3.48. The predicted molar refractivity (Wildman–Crippen MR) is 61.4 cm³/mol. The average molecular weight is 192 g/mol. The molecular weight excluding hydrogens is 172 g/mol. The van der Waals surface area contributed by atoms with Gasteiger partial charge in [-0.15, -0.1) is 0 Å².